The van der Waals surface area contributed by atoms with Gasteiger partial charge < -0.3 is 30.2 Å². The fraction of sp³-hybridized carbons (Fsp3) is 0.900. The van der Waals surface area contributed by atoms with E-state index in [0.29, 0.717) is 0 Å². The largest absolute Gasteiger partial charge is 2.00 e. The summed E-state index contributed by atoms with van der Waals surface area (Å²) in [5.74, 6) is 0. The Balaban J connectivity index is -0.000000116. The van der Waals surface area contributed by atoms with Gasteiger partial charge >= 0.3 is 22.4 Å². The predicted molar refractivity (Wildman–Crippen MR) is 148 cm³/mol. The van der Waals surface area contributed by atoms with Crippen molar-refractivity contribution in [1.29, 1.82) is 0 Å². The van der Waals surface area contributed by atoms with Gasteiger partial charge in [-0.3, -0.25) is 0 Å². The smallest absolute Gasteiger partial charge is 0.564 e. The molecule has 0 aromatic heterocycles. The van der Waals surface area contributed by atoms with Crippen LogP contribution >= 0.6 is 0 Å². The second kappa shape index (κ2) is 18.9. The van der Waals surface area contributed by atoms with Crippen LogP contribution in [0.3, 0.4) is 0 Å². The second-order valence-electron chi connectivity index (χ2n) is 12.3. The number of unbranched alkanes of at least 4 members (excludes halogenated alkanes) is 1. The van der Waals surface area contributed by atoms with Gasteiger partial charge in [-0.2, -0.15) is 6.42 Å². The summed E-state index contributed by atoms with van der Waals surface area (Å²) >= 11 is 0. The minimum Gasteiger partial charge on any atom is -0.564 e. The molecule has 0 amide bonds. The van der Waals surface area contributed by atoms with E-state index in [0.717, 1.165) is 25.6 Å². The monoisotopic (exact) mass is 609 g/mol. The zero-order valence-corrected chi connectivity index (χ0v) is 30.6. The van der Waals surface area contributed by atoms with Gasteiger partial charge in [0.15, 0.2) is 41.6 Å². The molecule has 0 aliphatic heterocycles. The Morgan fingerprint density at radius 1 is 0.581 bits per heavy atom. The molecule has 0 aromatic rings. The van der Waals surface area contributed by atoms with Crippen molar-refractivity contribution >= 4 is 41.6 Å². The molecule has 0 aromatic carbocycles. The molecular weight excluding hydrogens is 554 g/mol. The van der Waals surface area contributed by atoms with Gasteiger partial charge in [-0.05, 0) is 98.2 Å². The first-order valence-electron chi connectivity index (χ1n) is 10.8. The first-order chi connectivity index (χ1) is 12.6. The van der Waals surface area contributed by atoms with Gasteiger partial charge in [-0.1, -0.05) is 0 Å². The van der Waals surface area contributed by atoms with E-state index in [9.17, 15) is 0 Å². The Labute approximate surface area is 216 Å². The molecule has 0 saturated heterocycles. The van der Waals surface area contributed by atoms with Crippen molar-refractivity contribution in [3.8, 4) is 0 Å². The molecule has 0 unspecified atom stereocenters. The van der Waals surface area contributed by atoms with E-state index in [-0.39, 0.29) is 22.4 Å². The molecule has 0 aliphatic carbocycles. The van der Waals surface area contributed by atoms with Gasteiger partial charge in [-0.15, -0.1) is 19.1 Å². The minimum atomic E-state index is -1.61. The van der Waals surface area contributed by atoms with E-state index >= 15 is 0 Å². The summed E-state index contributed by atoms with van der Waals surface area (Å²) in [5, 5.41) is 0. The molecule has 3 N–H and O–H groups in total. The summed E-state index contributed by atoms with van der Waals surface area (Å²) in [6, 6.07) is 0. The van der Waals surface area contributed by atoms with Crippen LogP contribution < -0.4 is 0 Å². The molecule has 31 heavy (non-hydrogen) atoms. The van der Waals surface area contributed by atoms with Crippen LogP contribution in [-0.2, 0) is 31.2 Å². The quantitative estimate of drug-likeness (QED) is 0.223. The third-order valence-electron chi connectivity index (χ3n) is 1.47. The Morgan fingerprint density at radius 2 is 0.774 bits per heavy atom. The average molecular weight is 610 g/mol. The van der Waals surface area contributed by atoms with E-state index in [1.165, 1.54) is 0 Å². The van der Waals surface area contributed by atoms with E-state index in [2.05, 4.69) is 46.2 Å². The SMILES string of the molecule is C[Si](C)(C)O.C[Si](C)(C)O.C[Si](C)(C)O.[CH2-]CCC[C-](O[Si](C)(C)C)O[Si](C)(C)C.[Nb+2]. The molecule has 0 spiro atoms. The van der Waals surface area contributed by atoms with Crippen molar-refractivity contribution < 1.29 is 45.6 Å². The molecule has 0 atom stereocenters. The molecule has 11 heteroatoms. The van der Waals surface area contributed by atoms with Crippen LogP contribution in [0.4, 0.5) is 0 Å². The van der Waals surface area contributed by atoms with Gasteiger partial charge in [0.05, 0.1) is 0 Å². The van der Waals surface area contributed by atoms with E-state index < -0.39 is 41.6 Å². The van der Waals surface area contributed by atoms with Crippen LogP contribution in [0.25, 0.3) is 0 Å². The zero-order chi connectivity index (χ0) is 25.6. The molecule has 5 nitrogen and oxygen atoms in total. The molecule has 1 radical (unpaired) electrons. The Hall–Kier alpha value is 1.62. The van der Waals surface area contributed by atoms with Crippen LogP contribution in [0, 0.1) is 13.2 Å². The number of hydrogen-bond donors (Lipinski definition) is 3. The summed E-state index contributed by atoms with van der Waals surface area (Å²) in [6.07, 6.45) is 3.74. The summed E-state index contributed by atoms with van der Waals surface area (Å²) < 4.78 is 11.9. The first kappa shape index (κ1) is 42.8. The molecule has 0 bridgehead atoms. The van der Waals surface area contributed by atoms with E-state index in [4.69, 9.17) is 23.2 Å². The Morgan fingerprint density at radius 3 is 0.903 bits per heavy atom. The second-order valence-corrected chi connectivity index (χ2v) is 34.2. The summed E-state index contributed by atoms with van der Waals surface area (Å²) in [7, 11) is -7.89. The summed E-state index contributed by atoms with van der Waals surface area (Å²) in [5.41, 5.74) is 0. The van der Waals surface area contributed by atoms with Gasteiger partial charge in [0.25, 0.3) is 0 Å². The van der Waals surface area contributed by atoms with E-state index in [1.807, 2.05) is 58.9 Å². The fourth-order valence-corrected chi connectivity index (χ4v) is 2.81. The number of hydrogen-bond acceptors (Lipinski definition) is 5. The number of rotatable bonds is 7. The third-order valence-corrected chi connectivity index (χ3v) is 3.15. The Kier molecular flexibility index (Phi) is 26.1. The van der Waals surface area contributed by atoms with Crippen LogP contribution in [0.15, 0.2) is 0 Å². The van der Waals surface area contributed by atoms with Crippen molar-refractivity contribution in [1.82, 2.24) is 0 Å². The fourth-order valence-electron chi connectivity index (χ4n) is 1.08. The molecule has 0 fully saturated rings. The standard InChI is InChI=1S/C11H26O2Si2.3C3H10OSi.Nb/c1-8-9-10-11(12-14(2,3)4)13-15(5,6)7;3*1-5(2,3)4;/h1,8-10H2,2-7H3;3*4H,1-3H3;/q-2;;;;+2. The van der Waals surface area contributed by atoms with Crippen molar-refractivity contribution in [2.75, 3.05) is 0 Å². The van der Waals surface area contributed by atoms with E-state index in [1.54, 1.807) is 0 Å². The molecule has 0 rings (SSSR count). The molecule has 191 valence electrons. The van der Waals surface area contributed by atoms with Gasteiger partial charge in [0, 0.05) is 0 Å². The van der Waals surface area contributed by atoms with Crippen LogP contribution in [0.5, 0.6) is 0 Å². The summed E-state index contributed by atoms with van der Waals surface area (Å²) in [4.78, 5) is 26.0. The summed E-state index contributed by atoms with van der Waals surface area (Å²) in [6.45, 7) is 33.9. The third kappa shape index (κ3) is 114. The topological polar surface area (TPSA) is 79.2 Å². The first-order valence-corrected chi connectivity index (χ1v) is 28.0. The van der Waals surface area contributed by atoms with Crippen molar-refractivity contribution in [3.05, 3.63) is 13.2 Å². The molecule has 0 heterocycles. The van der Waals surface area contributed by atoms with Crippen LogP contribution in [0.1, 0.15) is 19.3 Å². The van der Waals surface area contributed by atoms with Crippen molar-refractivity contribution in [2.24, 2.45) is 0 Å². The maximum Gasteiger partial charge on any atom is 2.00 e. The van der Waals surface area contributed by atoms with Crippen LogP contribution in [0.2, 0.25) is 98.2 Å². The Bertz CT molecular complexity index is 333. The maximum absolute atomic E-state index is 8.66. The molecular formula is C20H56NbO5Si5. The molecule has 0 aliphatic rings. The zero-order valence-electron chi connectivity index (χ0n) is 23.4. The average Bonchev–Trinajstić information content (AvgIpc) is 2.25. The normalized spacial score (nSPS) is 12.4. The maximum atomic E-state index is 8.66. The van der Waals surface area contributed by atoms with Gasteiger partial charge in [-0.25, -0.2) is 0 Å². The molecule has 0 saturated carbocycles. The van der Waals surface area contributed by atoms with Gasteiger partial charge in [0.2, 0.25) is 0 Å². The van der Waals surface area contributed by atoms with Gasteiger partial charge in [0.1, 0.15) is 0 Å². The predicted octanol–water partition coefficient (Wildman–Crippen LogP) is 6.62. The van der Waals surface area contributed by atoms with Crippen molar-refractivity contribution in [2.45, 2.75) is 117 Å². The minimum absolute atomic E-state index is 0. The van der Waals surface area contributed by atoms with Crippen molar-refractivity contribution in [3.63, 3.8) is 0 Å². The van der Waals surface area contributed by atoms with Crippen LogP contribution in [-0.4, -0.2) is 56.0 Å².